The number of Topliss-reactive ketones (excluding diaryl/α,β-unsaturated/α-hetero) is 1. The third kappa shape index (κ3) is 4.62. The summed E-state index contributed by atoms with van der Waals surface area (Å²) in [6.45, 7) is 1.84. The second kappa shape index (κ2) is 9.27. The highest BCUT2D eigenvalue weighted by atomic mass is 79.9. The Kier molecular flexibility index (Phi) is 6.45. The molecule has 1 fully saturated rings. The molecule has 0 radical (unpaired) electrons. The molecule has 0 saturated heterocycles. The molecule has 3 N–H and O–H groups in total. The lowest BCUT2D eigenvalue weighted by atomic mass is 10.1. The van der Waals surface area contributed by atoms with E-state index in [4.69, 9.17) is 0 Å². The summed E-state index contributed by atoms with van der Waals surface area (Å²) < 4.78 is 2.21. The van der Waals surface area contributed by atoms with Crippen LogP contribution in [-0.2, 0) is 6.54 Å². The highest BCUT2D eigenvalue weighted by molar-refractivity contribution is 9.10. The van der Waals surface area contributed by atoms with E-state index in [0.717, 1.165) is 4.47 Å². The molecule has 9 nitrogen and oxygen atoms in total. The van der Waals surface area contributed by atoms with Crippen LogP contribution in [0.2, 0.25) is 0 Å². The molecule has 10 heteroatoms. The Morgan fingerprint density at radius 2 is 2.06 bits per heavy atom. The van der Waals surface area contributed by atoms with E-state index in [1.807, 2.05) is 13.0 Å². The molecule has 0 spiro atoms. The minimum atomic E-state index is -0.967. The van der Waals surface area contributed by atoms with Gasteiger partial charge in [0.25, 0.3) is 0 Å². The molecule has 0 bridgehead atoms. The van der Waals surface area contributed by atoms with Gasteiger partial charge in [0.05, 0.1) is 17.7 Å². The number of nitrogens with zero attached hydrogens (tertiary/aromatic N) is 4. The molecule has 1 aliphatic carbocycles. The predicted molar refractivity (Wildman–Crippen MR) is 119 cm³/mol. The molecule has 4 rings (SSSR count). The largest absolute Gasteiger partial charge is 0.390 e. The summed E-state index contributed by atoms with van der Waals surface area (Å²) in [5, 5.41) is 27.6. The molecule has 166 valence electrons. The van der Waals surface area contributed by atoms with Crippen LogP contribution in [-0.4, -0.2) is 59.8 Å². The molecule has 2 heterocycles. The lowest BCUT2D eigenvalue weighted by Crippen LogP contribution is -2.35. The van der Waals surface area contributed by atoms with E-state index in [-0.39, 0.29) is 35.3 Å². The summed E-state index contributed by atoms with van der Waals surface area (Å²) in [5.74, 6) is -0.374. The van der Waals surface area contributed by atoms with Crippen LogP contribution < -0.4 is 5.32 Å². The maximum absolute atomic E-state index is 13.1. The zero-order valence-corrected chi connectivity index (χ0v) is 18.8. The SMILES string of the molecule is C[C@@H]1C[C@@H](Nc2ncncc2C(=O)c2ccn(CC(=O)c3cccc(Br)c3)n2)[C@H](O)[C@@H]1O. The van der Waals surface area contributed by atoms with Crippen molar-refractivity contribution in [1.82, 2.24) is 19.7 Å². The molecule has 32 heavy (non-hydrogen) atoms. The van der Waals surface area contributed by atoms with E-state index in [9.17, 15) is 19.8 Å². The van der Waals surface area contributed by atoms with Crippen LogP contribution in [0, 0.1) is 5.92 Å². The average Bonchev–Trinajstić information content (AvgIpc) is 3.34. The standard InChI is InChI=1S/C22H22BrN5O4/c1-12-7-17(21(32)19(12)30)26-22-15(9-24-11-25-22)20(31)16-5-6-28(27-16)10-18(29)13-3-2-4-14(23)8-13/h2-6,8-9,11-12,17,19,21,30,32H,7,10H2,1H3,(H,24,25,26)/t12-,17-,19-,21+/m1/s1. The second-order valence-corrected chi connectivity index (χ2v) is 8.81. The second-order valence-electron chi connectivity index (χ2n) is 7.89. The Labute approximate surface area is 192 Å². The number of hydrogen-bond donors (Lipinski definition) is 3. The average molecular weight is 500 g/mol. The molecular formula is C22H22BrN5O4. The maximum Gasteiger partial charge on any atom is 0.218 e. The summed E-state index contributed by atoms with van der Waals surface area (Å²) in [7, 11) is 0. The van der Waals surface area contributed by atoms with Crippen LogP contribution in [0.3, 0.4) is 0 Å². The van der Waals surface area contributed by atoms with Crippen molar-refractivity contribution in [1.29, 1.82) is 0 Å². The molecule has 0 unspecified atom stereocenters. The minimum Gasteiger partial charge on any atom is -0.390 e. The Hall–Kier alpha value is -2.95. The van der Waals surface area contributed by atoms with Gasteiger partial charge in [-0.3, -0.25) is 14.3 Å². The monoisotopic (exact) mass is 499 g/mol. The lowest BCUT2D eigenvalue weighted by molar-refractivity contribution is 0.0210. The van der Waals surface area contributed by atoms with Crippen molar-refractivity contribution in [2.45, 2.75) is 38.1 Å². The van der Waals surface area contributed by atoms with Gasteiger partial charge in [-0.2, -0.15) is 5.10 Å². The van der Waals surface area contributed by atoms with Gasteiger partial charge in [0.15, 0.2) is 5.78 Å². The van der Waals surface area contributed by atoms with Crippen molar-refractivity contribution in [3.05, 3.63) is 70.3 Å². The normalized spacial score (nSPS) is 22.6. The van der Waals surface area contributed by atoms with Crippen molar-refractivity contribution in [2.75, 3.05) is 5.32 Å². The van der Waals surface area contributed by atoms with E-state index >= 15 is 0 Å². The number of ketones is 2. The van der Waals surface area contributed by atoms with E-state index in [0.29, 0.717) is 12.0 Å². The fourth-order valence-electron chi connectivity index (χ4n) is 3.79. The summed E-state index contributed by atoms with van der Waals surface area (Å²) in [6, 6.07) is 8.15. The molecule has 1 aliphatic rings. The summed E-state index contributed by atoms with van der Waals surface area (Å²) in [6.07, 6.45) is 2.98. The van der Waals surface area contributed by atoms with E-state index in [1.165, 1.54) is 23.3 Å². The Morgan fingerprint density at radius 3 is 2.78 bits per heavy atom. The van der Waals surface area contributed by atoms with Gasteiger partial charge >= 0.3 is 0 Å². The Bertz CT molecular complexity index is 1150. The number of halogens is 1. The van der Waals surface area contributed by atoms with Crippen LogP contribution in [0.4, 0.5) is 5.82 Å². The number of carbonyl (C=O) groups is 2. The molecule has 2 aromatic heterocycles. The molecule has 1 saturated carbocycles. The number of nitrogens with one attached hydrogen (secondary N) is 1. The summed E-state index contributed by atoms with van der Waals surface area (Å²) in [4.78, 5) is 33.7. The predicted octanol–water partition coefficient (Wildman–Crippen LogP) is 2.09. The Morgan fingerprint density at radius 1 is 1.25 bits per heavy atom. The van der Waals surface area contributed by atoms with E-state index in [2.05, 4.69) is 36.3 Å². The van der Waals surface area contributed by atoms with Crippen molar-refractivity contribution in [3.8, 4) is 0 Å². The first kappa shape index (κ1) is 22.3. The van der Waals surface area contributed by atoms with Gasteiger partial charge in [0.1, 0.15) is 30.5 Å². The molecule has 0 amide bonds. The number of aliphatic hydroxyl groups excluding tert-OH is 2. The lowest BCUT2D eigenvalue weighted by Gasteiger charge is -2.19. The van der Waals surface area contributed by atoms with Gasteiger partial charge in [-0.05, 0) is 30.5 Å². The third-order valence-electron chi connectivity index (χ3n) is 5.58. The van der Waals surface area contributed by atoms with Crippen molar-refractivity contribution < 1.29 is 19.8 Å². The molecule has 1 aromatic carbocycles. The number of hydrogen-bond acceptors (Lipinski definition) is 8. The fourth-order valence-corrected chi connectivity index (χ4v) is 4.19. The zero-order valence-electron chi connectivity index (χ0n) is 17.2. The van der Waals surface area contributed by atoms with Gasteiger partial charge in [-0.15, -0.1) is 0 Å². The van der Waals surface area contributed by atoms with Gasteiger partial charge in [-0.25, -0.2) is 9.97 Å². The number of aliphatic hydroxyl groups is 2. The first-order valence-electron chi connectivity index (χ1n) is 10.1. The number of carbonyl (C=O) groups excluding carboxylic acids is 2. The van der Waals surface area contributed by atoms with Gasteiger partial charge in [0.2, 0.25) is 5.78 Å². The first-order chi connectivity index (χ1) is 15.3. The first-order valence-corrected chi connectivity index (χ1v) is 10.9. The van der Waals surface area contributed by atoms with Crippen LogP contribution in [0.25, 0.3) is 0 Å². The van der Waals surface area contributed by atoms with E-state index < -0.39 is 24.0 Å². The van der Waals surface area contributed by atoms with Crippen molar-refractivity contribution in [2.24, 2.45) is 5.92 Å². The van der Waals surface area contributed by atoms with Gasteiger partial charge in [-0.1, -0.05) is 35.0 Å². The smallest absolute Gasteiger partial charge is 0.218 e. The topological polar surface area (TPSA) is 130 Å². The number of aromatic nitrogens is 4. The molecule has 0 aliphatic heterocycles. The quantitative estimate of drug-likeness (QED) is 0.421. The number of benzene rings is 1. The van der Waals surface area contributed by atoms with Crippen LogP contribution >= 0.6 is 15.9 Å². The molecular weight excluding hydrogens is 478 g/mol. The van der Waals surface area contributed by atoms with Gasteiger partial charge < -0.3 is 15.5 Å². The number of rotatable bonds is 7. The number of anilines is 1. The summed E-state index contributed by atoms with van der Waals surface area (Å²) in [5.41, 5.74) is 0.875. The Balaban J connectivity index is 1.50. The highest BCUT2D eigenvalue weighted by Gasteiger charge is 2.39. The van der Waals surface area contributed by atoms with Crippen molar-refractivity contribution >= 4 is 33.3 Å². The van der Waals surface area contributed by atoms with Crippen molar-refractivity contribution in [3.63, 3.8) is 0 Å². The maximum atomic E-state index is 13.1. The molecule has 4 atom stereocenters. The minimum absolute atomic E-state index is 0.00975. The van der Waals surface area contributed by atoms with Gasteiger partial charge in [0, 0.05) is 22.4 Å². The fraction of sp³-hybridized carbons (Fsp3) is 0.318. The highest BCUT2D eigenvalue weighted by Crippen LogP contribution is 2.29. The van der Waals surface area contributed by atoms with E-state index in [1.54, 1.807) is 24.4 Å². The molecule has 3 aromatic rings. The third-order valence-corrected chi connectivity index (χ3v) is 6.07. The van der Waals surface area contributed by atoms with Crippen LogP contribution in [0.15, 0.2) is 53.5 Å². The zero-order chi connectivity index (χ0) is 22.8. The van der Waals surface area contributed by atoms with Crippen LogP contribution in [0.5, 0.6) is 0 Å². The van der Waals surface area contributed by atoms with Crippen LogP contribution in [0.1, 0.15) is 39.8 Å². The summed E-state index contributed by atoms with van der Waals surface area (Å²) >= 11 is 3.35.